The fourth-order valence-electron chi connectivity index (χ4n) is 2.70. The Morgan fingerprint density at radius 1 is 1.13 bits per heavy atom. The minimum atomic E-state index is -0.151. The number of benzene rings is 1. The van der Waals surface area contributed by atoms with E-state index < -0.39 is 0 Å². The van der Waals surface area contributed by atoms with Crippen molar-refractivity contribution >= 4 is 5.78 Å². The van der Waals surface area contributed by atoms with E-state index in [4.69, 9.17) is 9.47 Å². The van der Waals surface area contributed by atoms with Crippen LogP contribution in [0.2, 0.25) is 0 Å². The van der Waals surface area contributed by atoms with Crippen LogP contribution in [0.5, 0.6) is 11.5 Å². The van der Waals surface area contributed by atoms with Crippen LogP contribution < -0.4 is 14.8 Å². The van der Waals surface area contributed by atoms with Crippen molar-refractivity contribution in [2.24, 2.45) is 5.92 Å². The summed E-state index contributed by atoms with van der Waals surface area (Å²) < 4.78 is 11.2. The normalized spacial score (nSPS) is 17.4. The van der Waals surface area contributed by atoms with Gasteiger partial charge in [0.2, 0.25) is 0 Å². The molecule has 2 rings (SSSR count). The summed E-state index contributed by atoms with van der Waals surface area (Å²) in [7, 11) is 0. The highest BCUT2D eigenvalue weighted by atomic mass is 16.6. The van der Waals surface area contributed by atoms with Gasteiger partial charge >= 0.3 is 0 Å². The second kappa shape index (κ2) is 8.34. The third-order valence-corrected chi connectivity index (χ3v) is 4.59. The average molecular weight is 319 g/mol. The second-order valence-electron chi connectivity index (χ2n) is 6.42. The molecule has 3 atom stereocenters. The molecule has 1 aromatic rings. The molecule has 0 bridgehead atoms. The summed E-state index contributed by atoms with van der Waals surface area (Å²) in [6.45, 7) is 9.51. The minimum absolute atomic E-state index is 0.0776. The average Bonchev–Trinajstić information content (AvgIpc) is 2.59. The molecule has 0 saturated heterocycles. The van der Waals surface area contributed by atoms with E-state index in [9.17, 15) is 4.79 Å². The van der Waals surface area contributed by atoms with Gasteiger partial charge in [0.15, 0.2) is 17.3 Å². The molecule has 0 radical (unpaired) electrons. The maximum absolute atomic E-state index is 12.7. The molecule has 0 aliphatic carbocycles. The first-order valence-corrected chi connectivity index (χ1v) is 8.73. The van der Waals surface area contributed by atoms with E-state index in [0.717, 1.165) is 29.9 Å². The van der Waals surface area contributed by atoms with Gasteiger partial charge in [-0.3, -0.25) is 4.79 Å². The van der Waals surface area contributed by atoms with Gasteiger partial charge in [-0.15, -0.1) is 0 Å². The van der Waals surface area contributed by atoms with Crippen LogP contribution >= 0.6 is 0 Å². The highest BCUT2D eigenvalue weighted by Crippen LogP contribution is 2.31. The van der Waals surface area contributed by atoms with E-state index in [-0.39, 0.29) is 12.0 Å². The Kier molecular flexibility index (Phi) is 6.46. The predicted molar refractivity (Wildman–Crippen MR) is 92.3 cm³/mol. The van der Waals surface area contributed by atoms with Gasteiger partial charge in [-0.1, -0.05) is 26.8 Å². The van der Waals surface area contributed by atoms with Crippen molar-refractivity contribution in [3.05, 3.63) is 23.8 Å². The molecule has 0 spiro atoms. The van der Waals surface area contributed by atoms with Crippen molar-refractivity contribution in [2.45, 2.75) is 59.0 Å². The summed E-state index contributed by atoms with van der Waals surface area (Å²) in [4.78, 5) is 12.7. The van der Waals surface area contributed by atoms with Gasteiger partial charge in [-0.25, -0.2) is 0 Å². The molecular formula is C19H29NO3. The molecule has 1 aromatic carbocycles. The van der Waals surface area contributed by atoms with Crippen molar-refractivity contribution < 1.29 is 14.3 Å². The van der Waals surface area contributed by atoms with E-state index in [0.29, 0.717) is 31.5 Å². The van der Waals surface area contributed by atoms with E-state index in [1.165, 1.54) is 0 Å². The molecule has 0 aromatic heterocycles. The van der Waals surface area contributed by atoms with Gasteiger partial charge < -0.3 is 14.8 Å². The van der Waals surface area contributed by atoms with Crippen LogP contribution in [0.3, 0.4) is 0 Å². The minimum Gasteiger partial charge on any atom is -0.486 e. The summed E-state index contributed by atoms with van der Waals surface area (Å²) in [5.41, 5.74) is 1.10. The predicted octanol–water partition coefficient (Wildman–Crippen LogP) is 3.37. The fraction of sp³-hybridized carbons (Fsp3) is 0.632. The number of carbonyl (C=O) groups is 1. The van der Waals surface area contributed by atoms with Crippen molar-refractivity contribution in [3.8, 4) is 11.5 Å². The summed E-state index contributed by atoms with van der Waals surface area (Å²) in [6.07, 6.45) is 2.56. The number of Topliss-reactive ketones (excluding diaryl/α,β-unsaturated/α-hetero) is 1. The molecule has 0 fully saturated rings. The Bertz CT molecular complexity index is 529. The summed E-state index contributed by atoms with van der Waals surface area (Å²) in [5, 5.41) is 3.49. The van der Waals surface area contributed by atoms with Crippen LogP contribution in [0.1, 0.15) is 46.1 Å². The maximum Gasteiger partial charge on any atom is 0.161 e. The molecule has 1 N–H and O–H groups in total. The van der Waals surface area contributed by atoms with Crippen LogP contribution in [0.15, 0.2) is 18.2 Å². The smallest absolute Gasteiger partial charge is 0.161 e. The third kappa shape index (κ3) is 4.71. The van der Waals surface area contributed by atoms with Crippen LogP contribution in [0.25, 0.3) is 0 Å². The molecule has 4 nitrogen and oxygen atoms in total. The van der Waals surface area contributed by atoms with Gasteiger partial charge in [0, 0.05) is 12.0 Å². The number of nitrogens with one attached hydrogen (secondary N) is 1. The molecule has 0 saturated carbocycles. The summed E-state index contributed by atoms with van der Waals surface area (Å²) >= 11 is 0. The lowest BCUT2D eigenvalue weighted by Gasteiger charge is -2.25. The van der Waals surface area contributed by atoms with Crippen LogP contribution in [-0.2, 0) is 11.2 Å². The first-order valence-electron chi connectivity index (χ1n) is 8.73. The number of fused-ring (bicyclic) bond motifs is 1. The van der Waals surface area contributed by atoms with Gasteiger partial charge in [-0.05, 0) is 43.9 Å². The quantitative estimate of drug-likeness (QED) is 0.798. The SMILES string of the molecule is CCC(C)NC(Cc1ccc2c(c1)OCCO2)C(=O)C(C)CC. The fourth-order valence-corrected chi connectivity index (χ4v) is 2.70. The second-order valence-corrected chi connectivity index (χ2v) is 6.42. The van der Waals surface area contributed by atoms with Gasteiger partial charge in [0.05, 0.1) is 6.04 Å². The van der Waals surface area contributed by atoms with Gasteiger partial charge in [0.1, 0.15) is 13.2 Å². The van der Waals surface area contributed by atoms with E-state index >= 15 is 0 Å². The lowest BCUT2D eigenvalue weighted by Crippen LogP contribution is -2.45. The van der Waals surface area contributed by atoms with Crippen molar-refractivity contribution in [2.75, 3.05) is 13.2 Å². The number of carbonyl (C=O) groups excluding carboxylic acids is 1. The van der Waals surface area contributed by atoms with Crippen molar-refractivity contribution in [1.82, 2.24) is 5.32 Å². The van der Waals surface area contributed by atoms with E-state index in [1.54, 1.807) is 0 Å². The van der Waals surface area contributed by atoms with Crippen LogP contribution in [0.4, 0.5) is 0 Å². The first kappa shape index (κ1) is 17.8. The van der Waals surface area contributed by atoms with Gasteiger partial charge in [-0.2, -0.15) is 0 Å². The molecule has 128 valence electrons. The highest BCUT2D eigenvalue weighted by Gasteiger charge is 2.24. The Hall–Kier alpha value is -1.55. The largest absolute Gasteiger partial charge is 0.486 e. The molecule has 4 heteroatoms. The molecular weight excluding hydrogens is 290 g/mol. The van der Waals surface area contributed by atoms with E-state index in [2.05, 4.69) is 26.1 Å². The third-order valence-electron chi connectivity index (χ3n) is 4.59. The Morgan fingerprint density at radius 3 is 2.48 bits per heavy atom. The van der Waals surface area contributed by atoms with Crippen LogP contribution in [0, 0.1) is 5.92 Å². The van der Waals surface area contributed by atoms with Gasteiger partial charge in [0.25, 0.3) is 0 Å². The number of hydrogen-bond acceptors (Lipinski definition) is 4. The Morgan fingerprint density at radius 2 is 1.83 bits per heavy atom. The maximum atomic E-state index is 12.7. The standard InChI is InChI=1S/C19H29NO3/c1-5-13(3)19(21)16(20-14(4)6-2)11-15-7-8-17-18(12-15)23-10-9-22-17/h7-8,12-14,16,20H,5-6,9-11H2,1-4H3. The Labute approximate surface area is 139 Å². The lowest BCUT2D eigenvalue weighted by atomic mass is 9.92. The molecule has 1 aliphatic rings. The van der Waals surface area contributed by atoms with E-state index in [1.807, 2.05) is 25.1 Å². The molecule has 1 heterocycles. The number of hydrogen-bond donors (Lipinski definition) is 1. The zero-order chi connectivity index (χ0) is 16.8. The summed E-state index contributed by atoms with van der Waals surface area (Å²) in [5.74, 6) is 1.95. The lowest BCUT2D eigenvalue weighted by molar-refractivity contribution is -0.124. The first-order chi connectivity index (χ1) is 11.0. The molecule has 3 unspecified atom stereocenters. The topological polar surface area (TPSA) is 47.6 Å². The zero-order valence-corrected chi connectivity index (χ0v) is 14.7. The molecule has 23 heavy (non-hydrogen) atoms. The summed E-state index contributed by atoms with van der Waals surface area (Å²) in [6, 6.07) is 6.15. The zero-order valence-electron chi connectivity index (χ0n) is 14.7. The number of rotatable bonds is 8. The van der Waals surface area contributed by atoms with Crippen molar-refractivity contribution in [1.29, 1.82) is 0 Å². The number of ether oxygens (including phenoxy) is 2. The Balaban J connectivity index is 2.14. The van der Waals surface area contributed by atoms with Crippen LogP contribution in [-0.4, -0.2) is 31.1 Å². The monoisotopic (exact) mass is 319 g/mol. The van der Waals surface area contributed by atoms with Crippen molar-refractivity contribution in [3.63, 3.8) is 0 Å². The number of ketones is 1. The molecule has 0 amide bonds. The highest BCUT2D eigenvalue weighted by molar-refractivity contribution is 5.86. The molecule has 1 aliphatic heterocycles.